The number of carbonyl (C=O) groups excluding carboxylic acids is 2. The number of imidazole rings is 1. The van der Waals surface area contributed by atoms with Gasteiger partial charge in [0.05, 0.1) is 24.7 Å². The second-order valence-corrected chi connectivity index (χ2v) is 10.3. The minimum absolute atomic E-state index is 0.0547. The quantitative estimate of drug-likeness (QED) is 0.336. The average molecular weight is 515 g/mol. The Kier molecular flexibility index (Phi) is 6.47. The molecule has 0 bridgehead atoms. The molecule has 1 aliphatic heterocycles. The van der Waals surface area contributed by atoms with Crippen molar-refractivity contribution < 1.29 is 18.7 Å². The second kappa shape index (κ2) is 10.1. The van der Waals surface area contributed by atoms with E-state index in [1.807, 2.05) is 24.3 Å². The smallest absolute Gasteiger partial charge is 0.337 e. The second-order valence-electron chi connectivity index (χ2n) is 10.3. The summed E-state index contributed by atoms with van der Waals surface area (Å²) in [5, 5.41) is 1.12. The van der Waals surface area contributed by atoms with Crippen molar-refractivity contribution in [2.75, 3.05) is 13.7 Å². The third kappa shape index (κ3) is 4.38. The van der Waals surface area contributed by atoms with Gasteiger partial charge in [-0.2, -0.15) is 0 Å². The molecule has 0 spiro atoms. The van der Waals surface area contributed by atoms with Crippen molar-refractivity contribution in [3.63, 3.8) is 0 Å². The maximum Gasteiger partial charge on any atom is 0.337 e. The number of fused-ring (bicyclic) bond motifs is 5. The van der Waals surface area contributed by atoms with Crippen LogP contribution in [0, 0.1) is 5.82 Å². The Morgan fingerprint density at radius 2 is 1.92 bits per heavy atom. The van der Waals surface area contributed by atoms with Gasteiger partial charge in [0.1, 0.15) is 12.4 Å². The van der Waals surface area contributed by atoms with E-state index in [2.05, 4.69) is 9.55 Å². The van der Waals surface area contributed by atoms with Crippen molar-refractivity contribution >= 4 is 22.8 Å². The van der Waals surface area contributed by atoms with Crippen molar-refractivity contribution in [2.45, 2.75) is 57.7 Å². The number of aromatic nitrogens is 3. The van der Waals surface area contributed by atoms with Crippen LogP contribution in [0.25, 0.3) is 22.2 Å². The summed E-state index contributed by atoms with van der Waals surface area (Å²) in [6.45, 7) is 1.53. The van der Waals surface area contributed by atoms with Gasteiger partial charge in [-0.05, 0) is 60.2 Å². The lowest BCUT2D eigenvalue weighted by molar-refractivity contribution is -0.132. The van der Waals surface area contributed by atoms with Crippen molar-refractivity contribution in [1.29, 1.82) is 0 Å². The summed E-state index contributed by atoms with van der Waals surface area (Å²) in [6, 6.07) is 10.7. The van der Waals surface area contributed by atoms with E-state index in [0.717, 1.165) is 40.6 Å². The predicted octanol–water partition coefficient (Wildman–Crippen LogP) is 5.52. The van der Waals surface area contributed by atoms with Crippen molar-refractivity contribution in [3.8, 4) is 11.3 Å². The molecule has 1 amide bonds. The lowest BCUT2D eigenvalue weighted by Gasteiger charge is -2.30. The number of benzene rings is 2. The van der Waals surface area contributed by atoms with Gasteiger partial charge >= 0.3 is 5.97 Å². The Hall–Kier alpha value is -3.94. The van der Waals surface area contributed by atoms with Crippen molar-refractivity contribution in [1.82, 2.24) is 19.0 Å². The highest BCUT2D eigenvalue weighted by molar-refractivity contribution is 5.99. The number of rotatable bonds is 4. The summed E-state index contributed by atoms with van der Waals surface area (Å²) >= 11 is 0. The number of methoxy groups -OCH3 is 1. The fourth-order valence-corrected chi connectivity index (χ4v) is 6.23. The average Bonchev–Trinajstić information content (AvgIpc) is 3.55. The van der Waals surface area contributed by atoms with E-state index in [9.17, 15) is 14.0 Å². The molecular formula is C30H31FN4O3. The molecule has 4 aromatic rings. The number of carbonyl (C=O) groups is 2. The third-order valence-electron chi connectivity index (χ3n) is 8.05. The minimum Gasteiger partial charge on any atom is -0.465 e. The molecular weight excluding hydrogens is 483 g/mol. The molecule has 0 N–H and O–H groups in total. The SMILES string of the molecule is COC(=O)c1ccc2c(C3CCCCC3)c3n(c2c1)CCN(C(=O)Cn1ccnc1)Cc1cc(F)ccc1-3. The Morgan fingerprint density at radius 1 is 1.08 bits per heavy atom. The van der Waals surface area contributed by atoms with Crippen LogP contribution in [-0.2, 0) is 29.2 Å². The number of hydrogen-bond acceptors (Lipinski definition) is 4. The molecule has 7 nitrogen and oxygen atoms in total. The molecule has 0 saturated heterocycles. The normalized spacial score (nSPS) is 16.0. The van der Waals surface area contributed by atoms with E-state index < -0.39 is 0 Å². The molecule has 0 unspecified atom stereocenters. The molecule has 2 aromatic carbocycles. The Balaban J connectivity index is 1.53. The molecule has 2 aromatic heterocycles. The molecule has 1 aliphatic carbocycles. The predicted molar refractivity (Wildman–Crippen MR) is 142 cm³/mol. The van der Waals surface area contributed by atoms with Gasteiger partial charge in [-0.3, -0.25) is 4.79 Å². The van der Waals surface area contributed by atoms with Crippen LogP contribution in [0.4, 0.5) is 4.39 Å². The van der Waals surface area contributed by atoms with Crippen LogP contribution >= 0.6 is 0 Å². The first-order valence-corrected chi connectivity index (χ1v) is 13.3. The number of amides is 1. The summed E-state index contributed by atoms with van der Waals surface area (Å²) in [6.07, 6.45) is 10.9. The molecule has 8 heteroatoms. The summed E-state index contributed by atoms with van der Waals surface area (Å²) in [4.78, 5) is 31.6. The van der Waals surface area contributed by atoms with E-state index in [0.29, 0.717) is 31.1 Å². The fraction of sp³-hybridized carbons (Fsp3) is 0.367. The van der Waals surface area contributed by atoms with Crippen LogP contribution in [0.1, 0.15) is 59.5 Å². The largest absolute Gasteiger partial charge is 0.465 e. The van der Waals surface area contributed by atoms with Gasteiger partial charge in [0.2, 0.25) is 5.91 Å². The summed E-state index contributed by atoms with van der Waals surface area (Å²) in [5.74, 6) is -0.364. The number of ether oxygens (including phenoxy) is 1. The molecule has 1 fully saturated rings. The highest BCUT2D eigenvalue weighted by Gasteiger charge is 2.30. The Bertz CT molecular complexity index is 1500. The standard InChI is InChI=1S/C30H31FN4O3/c1-38-30(37)21-7-9-25-26(16-21)35-14-13-34(27(36)18-33-12-11-32-19-33)17-22-15-23(31)8-10-24(22)29(35)28(25)20-5-3-2-4-6-20/h7-12,15-16,19-20H,2-6,13-14,17-18H2,1H3. The third-order valence-corrected chi connectivity index (χ3v) is 8.05. The van der Waals surface area contributed by atoms with Gasteiger partial charge in [-0.1, -0.05) is 25.3 Å². The maximum atomic E-state index is 14.6. The van der Waals surface area contributed by atoms with Crippen LogP contribution in [0.3, 0.4) is 0 Å². The molecule has 6 rings (SSSR count). The number of nitrogens with zero attached hydrogens (tertiary/aromatic N) is 4. The maximum absolute atomic E-state index is 14.6. The van der Waals surface area contributed by atoms with Crippen LogP contribution in [-0.4, -0.2) is 44.5 Å². The van der Waals surface area contributed by atoms with Crippen LogP contribution in [0.2, 0.25) is 0 Å². The number of halogens is 1. The zero-order chi connectivity index (χ0) is 26.2. The molecule has 0 atom stereocenters. The highest BCUT2D eigenvalue weighted by atomic mass is 19.1. The first kappa shape index (κ1) is 24.4. The summed E-state index contributed by atoms with van der Waals surface area (Å²) < 4.78 is 23.6. The highest BCUT2D eigenvalue weighted by Crippen LogP contribution is 2.45. The van der Waals surface area contributed by atoms with E-state index in [1.54, 1.807) is 34.3 Å². The molecule has 38 heavy (non-hydrogen) atoms. The minimum atomic E-state index is -0.382. The van der Waals surface area contributed by atoms with Gasteiger partial charge in [0.15, 0.2) is 0 Å². The van der Waals surface area contributed by atoms with E-state index in [4.69, 9.17) is 4.74 Å². The summed E-state index contributed by atoms with van der Waals surface area (Å²) in [7, 11) is 1.39. The van der Waals surface area contributed by atoms with Gasteiger partial charge in [0.25, 0.3) is 0 Å². The lowest BCUT2D eigenvalue weighted by atomic mass is 9.81. The zero-order valence-corrected chi connectivity index (χ0v) is 21.5. The van der Waals surface area contributed by atoms with Crippen molar-refractivity contribution in [3.05, 3.63) is 77.6 Å². The van der Waals surface area contributed by atoms with Crippen molar-refractivity contribution in [2.24, 2.45) is 0 Å². The first-order valence-electron chi connectivity index (χ1n) is 13.3. The van der Waals surface area contributed by atoms with Crippen LogP contribution in [0.15, 0.2) is 55.1 Å². The first-order chi connectivity index (χ1) is 18.5. The topological polar surface area (TPSA) is 69.4 Å². The molecule has 1 saturated carbocycles. The van der Waals surface area contributed by atoms with Gasteiger partial charge in [-0.15, -0.1) is 0 Å². The molecule has 196 valence electrons. The van der Waals surface area contributed by atoms with E-state index in [1.165, 1.54) is 38.0 Å². The Morgan fingerprint density at radius 3 is 2.68 bits per heavy atom. The molecule has 2 aliphatic rings. The monoisotopic (exact) mass is 514 g/mol. The zero-order valence-electron chi connectivity index (χ0n) is 21.5. The van der Waals surface area contributed by atoms with Gasteiger partial charge in [-0.25, -0.2) is 14.2 Å². The van der Waals surface area contributed by atoms with E-state index >= 15 is 0 Å². The van der Waals surface area contributed by atoms with Crippen LogP contribution < -0.4 is 0 Å². The number of hydrogen-bond donors (Lipinski definition) is 0. The Labute approximate surface area is 220 Å². The molecule has 0 radical (unpaired) electrons. The van der Waals surface area contributed by atoms with Gasteiger partial charge < -0.3 is 18.8 Å². The lowest BCUT2D eigenvalue weighted by Crippen LogP contribution is -2.37. The van der Waals surface area contributed by atoms with Gasteiger partial charge in [0, 0.05) is 48.5 Å². The summed E-state index contributed by atoms with van der Waals surface area (Å²) in [5.41, 5.74) is 5.54. The molecule has 3 heterocycles. The van der Waals surface area contributed by atoms with Crippen LogP contribution in [0.5, 0.6) is 0 Å². The number of esters is 1. The van der Waals surface area contributed by atoms with E-state index in [-0.39, 0.29) is 24.2 Å². The fourth-order valence-electron chi connectivity index (χ4n) is 6.23.